The predicted octanol–water partition coefficient (Wildman–Crippen LogP) is 2.99. The quantitative estimate of drug-likeness (QED) is 0.373. The van der Waals surface area contributed by atoms with E-state index in [0.29, 0.717) is 6.04 Å². The third-order valence-electron chi connectivity index (χ3n) is 5.83. The van der Waals surface area contributed by atoms with Crippen LogP contribution in [0.2, 0.25) is 0 Å². The third-order valence-corrected chi connectivity index (χ3v) is 5.83. The van der Waals surface area contributed by atoms with Crippen LogP contribution in [0, 0.1) is 5.41 Å². The summed E-state index contributed by atoms with van der Waals surface area (Å²) in [7, 11) is 0. The van der Waals surface area contributed by atoms with E-state index in [9.17, 15) is 0 Å². The zero-order valence-corrected chi connectivity index (χ0v) is 18.4. The van der Waals surface area contributed by atoms with Gasteiger partial charge in [0, 0.05) is 37.1 Å². The average Bonchev–Trinajstić information content (AvgIpc) is 2.60. The van der Waals surface area contributed by atoms with E-state index < -0.39 is 0 Å². The Balaban J connectivity index is 0.00000225. The first-order valence-electron chi connectivity index (χ1n) is 10.1. The van der Waals surface area contributed by atoms with E-state index in [-0.39, 0.29) is 29.4 Å². The Hall–Kier alpha value is -0.0800. The van der Waals surface area contributed by atoms with Gasteiger partial charge in [0.15, 0.2) is 5.96 Å². The predicted molar refractivity (Wildman–Crippen MR) is 115 cm³/mol. The minimum atomic E-state index is 0. The topological polar surface area (TPSA) is 48.9 Å². The second kappa shape index (κ2) is 10.3. The molecule has 3 fully saturated rings. The van der Waals surface area contributed by atoms with E-state index in [1.807, 2.05) is 0 Å². The highest BCUT2D eigenvalue weighted by atomic mass is 127. The molecule has 6 heteroatoms. The summed E-state index contributed by atoms with van der Waals surface area (Å²) in [5, 5.41) is 7.08. The molecule has 0 spiro atoms. The van der Waals surface area contributed by atoms with Crippen LogP contribution in [0.1, 0.15) is 58.8 Å². The smallest absolute Gasteiger partial charge is 0.191 e. The van der Waals surface area contributed by atoms with Crippen LogP contribution >= 0.6 is 24.0 Å². The van der Waals surface area contributed by atoms with Gasteiger partial charge in [-0.25, -0.2) is 0 Å². The average molecular weight is 464 g/mol. The van der Waals surface area contributed by atoms with Crippen LogP contribution in [0.25, 0.3) is 0 Å². The minimum absolute atomic E-state index is 0. The first kappa shape index (κ1) is 21.2. The van der Waals surface area contributed by atoms with Gasteiger partial charge in [-0.3, -0.25) is 4.99 Å². The number of guanidine groups is 1. The summed E-state index contributed by atoms with van der Waals surface area (Å²) in [5.41, 5.74) is 0.243. The Morgan fingerprint density at radius 3 is 2.36 bits per heavy atom. The van der Waals surface area contributed by atoms with Crippen LogP contribution in [0.5, 0.6) is 0 Å². The van der Waals surface area contributed by atoms with Crippen molar-refractivity contribution in [2.24, 2.45) is 10.4 Å². The number of nitrogens with zero attached hydrogens (tertiary/aromatic N) is 2. The van der Waals surface area contributed by atoms with Gasteiger partial charge in [-0.05, 0) is 32.6 Å². The standard InChI is InChI=1S/C19H36N4O.HI/c1-3-20-18(21-13-19(2)14-24-15-19)22-16-9-11-23(12-10-16)17-7-5-4-6-8-17;/h16-17H,3-15H2,1-2H3,(H2,20,21,22);1H. The minimum Gasteiger partial charge on any atom is -0.380 e. The lowest BCUT2D eigenvalue weighted by molar-refractivity contribution is -0.0945. The molecule has 2 heterocycles. The fourth-order valence-corrected chi connectivity index (χ4v) is 4.18. The molecule has 0 radical (unpaired) electrons. The molecule has 3 aliphatic rings. The molecule has 1 saturated carbocycles. The molecule has 0 aromatic carbocycles. The summed E-state index contributed by atoms with van der Waals surface area (Å²) in [5.74, 6) is 0.988. The van der Waals surface area contributed by atoms with Crippen LogP contribution in [-0.2, 0) is 4.74 Å². The summed E-state index contributed by atoms with van der Waals surface area (Å²) >= 11 is 0. The number of aliphatic imine (C=N–C) groups is 1. The molecule has 3 rings (SSSR count). The Labute approximate surface area is 170 Å². The van der Waals surface area contributed by atoms with Crippen molar-refractivity contribution < 1.29 is 4.74 Å². The van der Waals surface area contributed by atoms with Crippen molar-refractivity contribution in [2.45, 2.75) is 70.9 Å². The van der Waals surface area contributed by atoms with E-state index in [0.717, 1.165) is 38.3 Å². The highest BCUT2D eigenvalue weighted by Crippen LogP contribution is 2.27. The van der Waals surface area contributed by atoms with Crippen LogP contribution in [0.15, 0.2) is 4.99 Å². The number of hydrogen-bond donors (Lipinski definition) is 2. The fourth-order valence-electron chi connectivity index (χ4n) is 4.18. The molecular formula is C19H37IN4O. The molecule has 0 aromatic rings. The second-order valence-corrected chi connectivity index (χ2v) is 8.25. The third kappa shape index (κ3) is 6.24. The van der Waals surface area contributed by atoms with E-state index in [1.54, 1.807) is 0 Å². The van der Waals surface area contributed by atoms with Gasteiger partial charge < -0.3 is 20.3 Å². The molecule has 2 N–H and O–H groups in total. The summed E-state index contributed by atoms with van der Waals surface area (Å²) in [6, 6.07) is 1.42. The van der Waals surface area contributed by atoms with Gasteiger partial charge in [-0.2, -0.15) is 0 Å². The SMILES string of the molecule is CCNC(=NCC1(C)COC1)NC1CCN(C2CCCCC2)CC1.I. The molecular weight excluding hydrogens is 427 g/mol. The maximum atomic E-state index is 5.33. The van der Waals surface area contributed by atoms with Gasteiger partial charge in [0.05, 0.1) is 19.8 Å². The van der Waals surface area contributed by atoms with Crippen molar-refractivity contribution in [1.82, 2.24) is 15.5 Å². The van der Waals surface area contributed by atoms with Crippen molar-refractivity contribution in [3.63, 3.8) is 0 Å². The second-order valence-electron chi connectivity index (χ2n) is 8.25. The molecule has 2 saturated heterocycles. The van der Waals surface area contributed by atoms with Crippen molar-refractivity contribution in [3.05, 3.63) is 0 Å². The van der Waals surface area contributed by atoms with E-state index in [1.165, 1.54) is 58.0 Å². The van der Waals surface area contributed by atoms with Crippen molar-refractivity contribution in [3.8, 4) is 0 Å². The van der Waals surface area contributed by atoms with Gasteiger partial charge in [0.2, 0.25) is 0 Å². The van der Waals surface area contributed by atoms with E-state index in [4.69, 9.17) is 9.73 Å². The normalized spacial score (nSPS) is 25.8. The lowest BCUT2D eigenvalue weighted by Gasteiger charge is -2.40. The zero-order chi connectivity index (χ0) is 16.8. The largest absolute Gasteiger partial charge is 0.380 e. The summed E-state index contributed by atoms with van der Waals surface area (Å²) in [6.07, 6.45) is 9.63. The summed E-state index contributed by atoms with van der Waals surface area (Å²) in [6.45, 7) is 10.3. The van der Waals surface area contributed by atoms with Gasteiger partial charge in [0.25, 0.3) is 0 Å². The van der Waals surface area contributed by atoms with Crippen LogP contribution in [-0.4, -0.2) is 62.3 Å². The van der Waals surface area contributed by atoms with E-state index >= 15 is 0 Å². The Kier molecular flexibility index (Phi) is 8.75. The highest BCUT2D eigenvalue weighted by Gasteiger charge is 2.33. The maximum Gasteiger partial charge on any atom is 0.191 e. The maximum absolute atomic E-state index is 5.33. The first-order chi connectivity index (χ1) is 11.7. The lowest BCUT2D eigenvalue weighted by atomic mass is 9.89. The zero-order valence-electron chi connectivity index (χ0n) is 16.1. The first-order valence-corrected chi connectivity index (χ1v) is 10.1. The van der Waals surface area contributed by atoms with Gasteiger partial charge in [-0.15, -0.1) is 24.0 Å². The number of likely N-dealkylation sites (tertiary alicyclic amines) is 1. The fraction of sp³-hybridized carbons (Fsp3) is 0.947. The molecule has 25 heavy (non-hydrogen) atoms. The van der Waals surface area contributed by atoms with Gasteiger partial charge in [0.1, 0.15) is 0 Å². The number of ether oxygens (including phenoxy) is 1. The number of halogens is 1. The Morgan fingerprint density at radius 2 is 1.80 bits per heavy atom. The number of nitrogens with one attached hydrogen (secondary N) is 2. The van der Waals surface area contributed by atoms with Crippen molar-refractivity contribution in [2.75, 3.05) is 39.4 Å². The molecule has 5 nitrogen and oxygen atoms in total. The summed E-state index contributed by atoms with van der Waals surface area (Å²) in [4.78, 5) is 7.56. The monoisotopic (exact) mass is 464 g/mol. The number of piperidine rings is 1. The lowest BCUT2D eigenvalue weighted by Crippen LogP contribution is -2.51. The Morgan fingerprint density at radius 1 is 1.12 bits per heavy atom. The van der Waals surface area contributed by atoms with E-state index in [2.05, 4.69) is 29.4 Å². The number of hydrogen-bond acceptors (Lipinski definition) is 3. The van der Waals surface area contributed by atoms with Crippen LogP contribution < -0.4 is 10.6 Å². The highest BCUT2D eigenvalue weighted by molar-refractivity contribution is 14.0. The Bertz CT molecular complexity index is 414. The molecule has 1 aliphatic carbocycles. The molecule has 0 unspecified atom stereocenters. The number of rotatable bonds is 5. The van der Waals surface area contributed by atoms with Crippen molar-refractivity contribution in [1.29, 1.82) is 0 Å². The molecule has 2 aliphatic heterocycles. The van der Waals surface area contributed by atoms with Gasteiger partial charge >= 0.3 is 0 Å². The van der Waals surface area contributed by atoms with Gasteiger partial charge in [-0.1, -0.05) is 26.2 Å². The van der Waals surface area contributed by atoms with Crippen LogP contribution in [0.4, 0.5) is 0 Å². The molecule has 0 atom stereocenters. The molecule has 0 bridgehead atoms. The molecule has 0 amide bonds. The van der Waals surface area contributed by atoms with Crippen molar-refractivity contribution >= 4 is 29.9 Å². The summed E-state index contributed by atoms with van der Waals surface area (Å²) < 4.78 is 5.33. The van der Waals surface area contributed by atoms with Crippen LogP contribution in [0.3, 0.4) is 0 Å². The molecule has 146 valence electrons. The molecule has 0 aromatic heterocycles.